The largest absolute Gasteiger partial charge is 0.467 e. The first-order chi connectivity index (χ1) is 8.66. The number of nitrogens with one attached hydrogen (secondary N) is 1. The van der Waals surface area contributed by atoms with Crippen molar-refractivity contribution in [3.05, 3.63) is 45.0 Å². The summed E-state index contributed by atoms with van der Waals surface area (Å²) in [5.74, 6) is 0.626. The number of aliphatic hydroxyl groups is 1. The Hall–Kier alpha value is -0.620. The lowest BCUT2D eigenvalue weighted by atomic mass is 10.1. The van der Waals surface area contributed by atoms with Crippen LogP contribution in [0.3, 0.4) is 0 Å². The highest BCUT2D eigenvalue weighted by molar-refractivity contribution is 9.10. The van der Waals surface area contributed by atoms with E-state index in [2.05, 4.69) is 33.6 Å². The number of hydrogen-bond donors (Lipinski definition) is 2. The van der Waals surface area contributed by atoms with Crippen molar-refractivity contribution in [1.29, 1.82) is 0 Å². The van der Waals surface area contributed by atoms with E-state index in [1.165, 1.54) is 4.88 Å². The van der Waals surface area contributed by atoms with Gasteiger partial charge >= 0.3 is 0 Å². The van der Waals surface area contributed by atoms with Gasteiger partial charge in [-0.3, -0.25) is 0 Å². The molecule has 2 heterocycles. The molecule has 0 bridgehead atoms. The maximum Gasteiger partial charge on any atom is 0.132 e. The Morgan fingerprint density at radius 2 is 2.33 bits per heavy atom. The molecule has 0 radical (unpaired) electrons. The highest BCUT2D eigenvalue weighted by Crippen LogP contribution is 2.23. The summed E-state index contributed by atoms with van der Waals surface area (Å²) in [6.07, 6.45) is 1.67. The second-order valence-corrected chi connectivity index (χ2v) is 6.10. The van der Waals surface area contributed by atoms with Crippen LogP contribution >= 0.6 is 27.3 Å². The maximum atomic E-state index is 9.95. The van der Waals surface area contributed by atoms with Gasteiger partial charge in [0.05, 0.1) is 6.26 Å². The van der Waals surface area contributed by atoms with E-state index < -0.39 is 6.10 Å². The predicted octanol–water partition coefficient (Wildman–Crippen LogP) is 3.71. The fourth-order valence-electron chi connectivity index (χ4n) is 1.73. The number of hydrogen-bond acceptors (Lipinski definition) is 4. The smallest absolute Gasteiger partial charge is 0.132 e. The fourth-order valence-corrected chi connectivity index (χ4v) is 3.18. The summed E-state index contributed by atoms with van der Waals surface area (Å²) in [4.78, 5) is 1.27. The average molecular weight is 330 g/mol. The van der Waals surface area contributed by atoms with Crippen molar-refractivity contribution in [3.63, 3.8) is 0 Å². The minimum absolute atomic E-state index is 0.221. The molecule has 0 saturated heterocycles. The van der Waals surface area contributed by atoms with Crippen LogP contribution in [0.15, 0.2) is 38.7 Å². The van der Waals surface area contributed by atoms with Gasteiger partial charge in [0.15, 0.2) is 0 Å². The molecule has 3 nitrogen and oxygen atoms in total. The van der Waals surface area contributed by atoms with Crippen LogP contribution in [0.1, 0.15) is 30.1 Å². The van der Waals surface area contributed by atoms with Gasteiger partial charge in [-0.2, -0.15) is 0 Å². The number of thiophene rings is 1. The molecular formula is C13H16BrNO2S. The third-order valence-corrected chi connectivity index (χ3v) is 4.68. The Morgan fingerprint density at radius 1 is 1.50 bits per heavy atom. The Bertz CT molecular complexity index is 469. The molecular weight excluding hydrogens is 314 g/mol. The number of halogens is 1. The zero-order valence-electron chi connectivity index (χ0n) is 10.1. The molecule has 98 valence electrons. The summed E-state index contributed by atoms with van der Waals surface area (Å²) in [5.41, 5.74) is 0. The van der Waals surface area contributed by atoms with Gasteiger partial charge in [0.1, 0.15) is 11.9 Å². The van der Waals surface area contributed by atoms with Crippen LogP contribution in [0.25, 0.3) is 0 Å². The summed E-state index contributed by atoms with van der Waals surface area (Å²) < 4.78 is 6.32. The molecule has 2 atom stereocenters. The van der Waals surface area contributed by atoms with Crippen LogP contribution in [-0.2, 0) is 6.54 Å². The van der Waals surface area contributed by atoms with Gasteiger partial charge in [0.25, 0.3) is 0 Å². The molecule has 0 spiro atoms. The second kappa shape index (κ2) is 6.52. The van der Waals surface area contributed by atoms with Crippen molar-refractivity contribution < 1.29 is 9.52 Å². The summed E-state index contributed by atoms with van der Waals surface area (Å²) >= 11 is 5.22. The van der Waals surface area contributed by atoms with Crippen LogP contribution in [0, 0.1) is 0 Å². The molecule has 5 heteroatoms. The number of aliphatic hydroxyl groups excluding tert-OH is 1. The van der Waals surface area contributed by atoms with E-state index in [4.69, 9.17) is 4.42 Å². The highest BCUT2D eigenvalue weighted by Gasteiger charge is 2.14. The van der Waals surface area contributed by atoms with Crippen molar-refractivity contribution in [2.45, 2.75) is 32.0 Å². The maximum absolute atomic E-state index is 9.95. The Morgan fingerprint density at radius 3 is 2.94 bits per heavy atom. The molecule has 0 unspecified atom stereocenters. The van der Waals surface area contributed by atoms with Gasteiger partial charge in [-0.15, -0.1) is 11.3 Å². The molecule has 0 aliphatic carbocycles. The Balaban J connectivity index is 1.79. The van der Waals surface area contributed by atoms with Crippen molar-refractivity contribution in [2.24, 2.45) is 0 Å². The van der Waals surface area contributed by atoms with Gasteiger partial charge in [0.2, 0.25) is 0 Å². The first-order valence-corrected chi connectivity index (χ1v) is 7.51. The molecule has 18 heavy (non-hydrogen) atoms. The van der Waals surface area contributed by atoms with E-state index in [0.717, 1.165) is 11.0 Å². The van der Waals surface area contributed by atoms with Crippen molar-refractivity contribution in [1.82, 2.24) is 5.32 Å². The molecule has 0 aliphatic rings. The summed E-state index contributed by atoms with van der Waals surface area (Å²) in [7, 11) is 0. The first kappa shape index (κ1) is 13.8. The number of furan rings is 1. The molecule has 0 aromatic carbocycles. The van der Waals surface area contributed by atoms with Gasteiger partial charge < -0.3 is 14.8 Å². The highest BCUT2D eigenvalue weighted by atomic mass is 79.9. The molecule has 2 N–H and O–H groups in total. The standard InChI is InChI=1S/C13H16BrNO2S/c1-9(7-11(16)12-3-2-5-17-12)15-8-13-10(14)4-6-18-13/h2-6,9,11,15-16H,7-8H2,1H3/t9-,11-/m1/s1. The first-order valence-electron chi connectivity index (χ1n) is 5.83. The third-order valence-electron chi connectivity index (χ3n) is 2.75. The molecule has 2 aromatic rings. The van der Waals surface area contributed by atoms with Crippen molar-refractivity contribution in [3.8, 4) is 0 Å². The van der Waals surface area contributed by atoms with Crippen molar-refractivity contribution >= 4 is 27.3 Å². The molecule has 0 fully saturated rings. The van der Waals surface area contributed by atoms with Crippen LogP contribution in [0.2, 0.25) is 0 Å². The van der Waals surface area contributed by atoms with E-state index in [1.807, 2.05) is 6.07 Å². The molecule has 0 aliphatic heterocycles. The van der Waals surface area contributed by atoms with E-state index in [-0.39, 0.29) is 6.04 Å². The monoisotopic (exact) mass is 329 g/mol. The molecule has 0 saturated carbocycles. The fraction of sp³-hybridized carbons (Fsp3) is 0.385. The van der Waals surface area contributed by atoms with Crippen LogP contribution in [-0.4, -0.2) is 11.1 Å². The molecule has 2 rings (SSSR count). The van der Waals surface area contributed by atoms with E-state index in [0.29, 0.717) is 12.2 Å². The van der Waals surface area contributed by atoms with Gasteiger partial charge in [-0.1, -0.05) is 0 Å². The van der Waals surface area contributed by atoms with E-state index in [1.54, 1.807) is 29.7 Å². The van der Waals surface area contributed by atoms with Crippen molar-refractivity contribution in [2.75, 3.05) is 0 Å². The SMILES string of the molecule is C[C@H](C[C@@H](O)c1ccco1)NCc1sccc1Br. The topological polar surface area (TPSA) is 45.4 Å². The number of rotatable bonds is 6. The summed E-state index contributed by atoms with van der Waals surface area (Å²) in [6.45, 7) is 2.87. The minimum Gasteiger partial charge on any atom is -0.467 e. The van der Waals surface area contributed by atoms with Crippen LogP contribution in [0.4, 0.5) is 0 Å². The lowest BCUT2D eigenvalue weighted by Crippen LogP contribution is -2.27. The average Bonchev–Trinajstić information content (AvgIpc) is 2.97. The van der Waals surface area contributed by atoms with Crippen LogP contribution < -0.4 is 5.32 Å². The molecule has 2 aromatic heterocycles. The quantitative estimate of drug-likeness (QED) is 0.849. The van der Waals surface area contributed by atoms with Crippen LogP contribution in [0.5, 0.6) is 0 Å². The Labute approximate surface area is 119 Å². The zero-order chi connectivity index (χ0) is 13.0. The Kier molecular flexibility index (Phi) is 5.00. The second-order valence-electron chi connectivity index (χ2n) is 4.24. The minimum atomic E-state index is -0.547. The van der Waals surface area contributed by atoms with E-state index >= 15 is 0 Å². The van der Waals surface area contributed by atoms with Gasteiger partial charge in [-0.05, 0) is 52.9 Å². The lowest BCUT2D eigenvalue weighted by molar-refractivity contribution is 0.128. The zero-order valence-corrected chi connectivity index (χ0v) is 12.5. The molecule has 0 amide bonds. The van der Waals surface area contributed by atoms with Gasteiger partial charge in [0, 0.05) is 21.9 Å². The summed E-state index contributed by atoms with van der Waals surface area (Å²) in [5, 5.41) is 15.4. The third kappa shape index (κ3) is 3.68. The summed E-state index contributed by atoms with van der Waals surface area (Å²) in [6, 6.07) is 5.86. The predicted molar refractivity (Wildman–Crippen MR) is 76.6 cm³/mol. The van der Waals surface area contributed by atoms with E-state index in [9.17, 15) is 5.11 Å². The van der Waals surface area contributed by atoms with Gasteiger partial charge in [-0.25, -0.2) is 0 Å². The lowest BCUT2D eigenvalue weighted by Gasteiger charge is -2.16. The normalized spacial score (nSPS) is 14.6.